The van der Waals surface area contributed by atoms with E-state index in [9.17, 15) is 5.11 Å². The Kier molecular flexibility index (Phi) is 4.53. The van der Waals surface area contributed by atoms with Gasteiger partial charge in [-0.3, -0.25) is 9.88 Å². The number of β-amino-alcohol motifs (C(OH)–C–C–N with tert-alkyl or cyclic N) is 1. The SMILES string of the molecule is O[C@]1(CN2CCCCC2)CCN(Cc2cccc3ncccc23)C1. The van der Waals surface area contributed by atoms with E-state index in [4.69, 9.17) is 0 Å². The Bertz CT molecular complexity index is 693. The van der Waals surface area contributed by atoms with Crippen molar-refractivity contribution in [2.75, 3.05) is 32.7 Å². The quantitative estimate of drug-likeness (QED) is 0.938. The molecule has 0 radical (unpaired) electrons. The molecule has 2 aliphatic heterocycles. The molecule has 2 aromatic rings. The summed E-state index contributed by atoms with van der Waals surface area (Å²) in [5.74, 6) is 0. The zero-order chi connectivity index (χ0) is 16.4. The van der Waals surface area contributed by atoms with Crippen LogP contribution in [0.25, 0.3) is 10.9 Å². The molecule has 0 spiro atoms. The smallest absolute Gasteiger partial charge is 0.0912 e. The van der Waals surface area contributed by atoms with E-state index in [1.807, 2.05) is 12.3 Å². The van der Waals surface area contributed by atoms with E-state index in [0.717, 1.165) is 51.2 Å². The van der Waals surface area contributed by atoms with E-state index in [2.05, 4.69) is 39.0 Å². The van der Waals surface area contributed by atoms with Crippen LogP contribution in [0.5, 0.6) is 0 Å². The van der Waals surface area contributed by atoms with Gasteiger partial charge in [0.25, 0.3) is 0 Å². The van der Waals surface area contributed by atoms with Crippen molar-refractivity contribution in [3.8, 4) is 0 Å². The van der Waals surface area contributed by atoms with Gasteiger partial charge in [-0.2, -0.15) is 0 Å². The Morgan fingerprint density at radius 2 is 1.88 bits per heavy atom. The van der Waals surface area contributed by atoms with Gasteiger partial charge in [-0.25, -0.2) is 0 Å². The average molecular weight is 325 g/mol. The fourth-order valence-corrected chi connectivity index (χ4v) is 4.28. The van der Waals surface area contributed by atoms with Crippen LogP contribution < -0.4 is 0 Å². The van der Waals surface area contributed by atoms with Crippen LogP contribution in [0.2, 0.25) is 0 Å². The lowest BCUT2D eigenvalue weighted by atomic mass is 10.0. The van der Waals surface area contributed by atoms with Gasteiger partial charge in [-0.1, -0.05) is 24.6 Å². The van der Waals surface area contributed by atoms with Crippen molar-refractivity contribution in [2.24, 2.45) is 0 Å². The highest BCUT2D eigenvalue weighted by Crippen LogP contribution is 2.27. The largest absolute Gasteiger partial charge is 0.387 e. The first-order valence-electron chi connectivity index (χ1n) is 9.22. The zero-order valence-electron chi connectivity index (χ0n) is 14.3. The molecule has 1 aromatic carbocycles. The molecule has 4 heteroatoms. The summed E-state index contributed by atoms with van der Waals surface area (Å²) in [6, 6.07) is 10.5. The molecule has 0 amide bonds. The number of aromatic nitrogens is 1. The lowest BCUT2D eigenvalue weighted by Crippen LogP contribution is -2.46. The second kappa shape index (κ2) is 6.79. The van der Waals surface area contributed by atoms with Crippen molar-refractivity contribution in [3.05, 3.63) is 42.1 Å². The highest BCUT2D eigenvalue weighted by atomic mass is 16.3. The molecule has 0 bridgehead atoms. The number of hydrogen-bond acceptors (Lipinski definition) is 4. The molecule has 0 aliphatic carbocycles. The second-order valence-corrected chi connectivity index (χ2v) is 7.51. The van der Waals surface area contributed by atoms with E-state index in [1.165, 1.54) is 30.2 Å². The fraction of sp³-hybridized carbons (Fsp3) is 0.550. The predicted molar refractivity (Wildman–Crippen MR) is 96.9 cm³/mol. The van der Waals surface area contributed by atoms with Gasteiger partial charge in [0.1, 0.15) is 0 Å². The van der Waals surface area contributed by atoms with Crippen LogP contribution in [-0.2, 0) is 6.54 Å². The van der Waals surface area contributed by atoms with Gasteiger partial charge in [0.05, 0.1) is 11.1 Å². The maximum Gasteiger partial charge on any atom is 0.0912 e. The summed E-state index contributed by atoms with van der Waals surface area (Å²) >= 11 is 0. The van der Waals surface area contributed by atoms with Crippen LogP contribution in [0.1, 0.15) is 31.2 Å². The molecule has 3 heterocycles. The normalized spacial score (nSPS) is 26.2. The summed E-state index contributed by atoms with van der Waals surface area (Å²) in [5.41, 5.74) is 1.82. The van der Waals surface area contributed by atoms with Crippen LogP contribution in [0.3, 0.4) is 0 Å². The molecule has 4 rings (SSSR count). The average Bonchev–Trinajstić information content (AvgIpc) is 2.96. The molecule has 2 saturated heterocycles. The minimum Gasteiger partial charge on any atom is -0.387 e. The monoisotopic (exact) mass is 325 g/mol. The molecular formula is C20H27N3O. The number of benzene rings is 1. The van der Waals surface area contributed by atoms with Crippen LogP contribution >= 0.6 is 0 Å². The van der Waals surface area contributed by atoms with Crippen molar-refractivity contribution >= 4 is 10.9 Å². The maximum absolute atomic E-state index is 11.0. The maximum atomic E-state index is 11.0. The number of aliphatic hydroxyl groups is 1. The van der Waals surface area contributed by atoms with Gasteiger partial charge in [-0.15, -0.1) is 0 Å². The molecule has 2 aliphatic rings. The predicted octanol–water partition coefficient (Wildman–Crippen LogP) is 2.66. The minimum atomic E-state index is -0.541. The van der Waals surface area contributed by atoms with Crippen molar-refractivity contribution in [2.45, 2.75) is 37.8 Å². The lowest BCUT2D eigenvalue weighted by Gasteiger charge is -2.33. The number of piperidine rings is 1. The Morgan fingerprint density at radius 3 is 2.75 bits per heavy atom. The minimum absolute atomic E-state index is 0.541. The van der Waals surface area contributed by atoms with Gasteiger partial charge in [0, 0.05) is 37.8 Å². The Morgan fingerprint density at radius 1 is 1.00 bits per heavy atom. The number of nitrogens with zero attached hydrogens (tertiary/aromatic N) is 3. The molecule has 1 aromatic heterocycles. The molecule has 2 fully saturated rings. The molecule has 24 heavy (non-hydrogen) atoms. The van der Waals surface area contributed by atoms with E-state index < -0.39 is 5.60 Å². The van der Waals surface area contributed by atoms with Crippen LogP contribution in [0.15, 0.2) is 36.5 Å². The van der Waals surface area contributed by atoms with Gasteiger partial charge < -0.3 is 10.0 Å². The summed E-state index contributed by atoms with van der Waals surface area (Å²) in [6.07, 6.45) is 6.63. The molecule has 0 unspecified atom stereocenters. The van der Waals surface area contributed by atoms with Crippen LogP contribution in [-0.4, -0.2) is 58.2 Å². The van der Waals surface area contributed by atoms with E-state index in [-0.39, 0.29) is 0 Å². The molecular weight excluding hydrogens is 298 g/mol. The van der Waals surface area contributed by atoms with Crippen molar-refractivity contribution in [3.63, 3.8) is 0 Å². The van der Waals surface area contributed by atoms with E-state index in [1.54, 1.807) is 0 Å². The summed E-state index contributed by atoms with van der Waals surface area (Å²) in [7, 11) is 0. The zero-order valence-corrected chi connectivity index (χ0v) is 14.3. The molecule has 128 valence electrons. The van der Waals surface area contributed by atoms with Gasteiger partial charge in [-0.05, 0) is 50.0 Å². The number of fused-ring (bicyclic) bond motifs is 1. The molecule has 1 N–H and O–H groups in total. The Balaban J connectivity index is 1.42. The first-order chi connectivity index (χ1) is 11.7. The van der Waals surface area contributed by atoms with Crippen LogP contribution in [0.4, 0.5) is 0 Å². The lowest BCUT2D eigenvalue weighted by molar-refractivity contribution is 0.00637. The van der Waals surface area contributed by atoms with Crippen molar-refractivity contribution in [1.82, 2.24) is 14.8 Å². The molecule has 1 atom stereocenters. The van der Waals surface area contributed by atoms with Crippen LogP contribution in [0, 0.1) is 0 Å². The highest BCUT2D eigenvalue weighted by Gasteiger charge is 2.37. The standard InChI is InChI=1S/C20H27N3O/c24-20(15-22-11-2-1-3-12-22)9-13-23(16-20)14-17-6-4-8-19-18(17)7-5-10-21-19/h4-8,10,24H,1-3,9,11-16H2/t20-/m0/s1. The van der Waals surface area contributed by atoms with Gasteiger partial charge in [0.15, 0.2) is 0 Å². The van der Waals surface area contributed by atoms with Gasteiger partial charge in [0.2, 0.25) is 0 Å². The molecule has 0 saturated carbocycles. The Labute approximate surface area is 144 Å². The van der Waals surface area contributed by atoms with E-state index >= 15 is 0 Å². The fourth-order valence-electron chi connectivity index (χ4n) is 4.28. The number of likely N-dealkylation sites (tertiary alicyclic amines) is 2. The van der Waals surface area contributed by atoms with Crippen molar-refractivity contribution < 1.29 is 5.11 Å². The first-order valence-corrected chi connectivity index (χ1v) is 9.22. The van der Waals surface area contributed by atoms with Crippen molar-refractivity contribution in [1.29, 1.82) is 0 Å². The summed E-state index contributed by atoms with van der Waals surface area (Å²) in [6.45, 7) is 5.78. The third-order valence-corrected chi connectivity index (χ3v) is 5.51. The second-order valence-electron chi connectivity index (χ2n) is 7.51. The van der Waals surface area contributed by atoms with E-state index in [0.29, 0.717) is 0 Å². The number of hydrogen-bond donors (Lipinski definition) is 1. The molecule has 4 nitrogen and oxygen atoms in total. The topological polar surface area (TPSA) is 39.6 Å². The highest BCUT2D eigenvalue weighted by molar-refractivity contribution is 5.81. The van der Waals surface area contributed by atoms with Gasteiger partial charge >= 0.3 is 0 Å². The third kappa shape index (κ3) is 3.46. The summed E-state index contributed by atoms with van der Waals surface area (Å²) < 4.78 is 0. The third-order valence-electron chi connectivity index (χ3n) is 5.51. The summed E-state index contributed by atoms with van der Waals surface area (Å²) in [4.78, 5) is 9.30. The first kappa shape index (κ1) is 16.0. The Hall–Kier alpha value is -1.49. The number of pyridine rings is 1. The number of rotatable bonds is 4. The summed E-state index contributed by atoms with van der Waals surface area (Å²) in [5, 5.41) is 12.2.